The molecule has 0 radical (unpaired) electrons. The van der Waals surface area contributed by atoms with Gasteiger partial charge in [-0.05, 0) is 24.2 Å². The van der Waals surface area contributed by atoms with Gasteiger partial charge in [-0.25, -0.2) is 9.67 Å². The third-order valence-electron chi connectivity index (χ3n) is 5.17. The molecule has 1 fully saturated rings. The molecule has 2 aliphatic carbocycles. The Labute approximate surface area is 151 Å². The summed E-state index contributed by atoms with van der Waals surface area (Å²) < 4.78 is 1.73. The second-order valence-electron chi connectivity index (χ2n) is 8.17. The first-order chi connectivity index (χ1) is 12.3. The molecule has 0 saturated heterocycles. The number of carbonyl (C=O) groups is 2. The second kappa shape index (κ2) is 5.62. The van der Waals surface area contributed by atoms with Crippen molar-refractivity contribution in [2.45, 2.75) is 45.6 Å². The van der Waals surface area contributed by atoms with Gasteiger partial charge in [-0.2, -0.15) is 5.10 Å². The zero-order valence-corrected chi connectivity index (χ0v) is 15.1. The standard InChI is InChI=1S/C18H22N6O2/c1-18(2,3)15(16(19)25)22-17(26)13-11-7-9-6-10(9)14(11)24(23-13)12-8-20-4-5-21-12/h4-5,8-10,15H,6-7H2,1-3H3,(H2,19,25)(H,22,26)/t9-,10-,15?/m1/s1. The van der Waals surface area contributed by atoms with Crippen LogP contribution in [0.3, 0.4) is 0 Å². The van der Waals surface area contributed by atoms with E-state index >= 15 is 0 Å². The molecule has 2 aromatic heterocycles. The molecule has 1 saturated carbocycles. The van der Waals surface area contributed by atoms with E-state index in [-0.39, 0.29) is 5.91 Å². The maximum absolute atomic E-state index is 12.9. The Morgan fingerprint density at radius 1 is 1.35 bits per heavy atom. The summed E-state index contributed by atoms with van der Waals surface area (Å²) in [6, 6.07) is -0.775. The minimum absolute atomic E-state index is 0.355. The lowest BCUT2D eigenvalue weighted by atomic mass is 9.86. The smallest absolute Gasteiger partial charge is 0.272 e. The number of aromatic nitrogens is 4. The van der Waals surface area contributed by atoms with Crippen LogP contribution in [0.4, 0.5) is 0 Å². The molecule has 8 heteroatoms. The van der Waals surface area contributed by atoms with Gasteiger partial charge in [0.25, 0.3) is 5.91 Å². The van der Waals surface area contributed by atoms with Crippen molar-refractivity contribution in [3.05, 3.63) is 35.5 Å². The summed E-state index contributed by atoms with van der Waals surface area (Å²) in [5, 5.41) is 7.30. The summed E-state index contributed by atoms with van der Waals surface area (Å²) in [4.78, 5) is 33.1. The Morgan fingerprint density at radius 3 is 2.73 bits per heavy atom. The Morgan fingerprint density at radius 2 is 2.12 bits per heavy atom. The maximum atomic E-state index is 12.9. The monoisotopic (exact) mass is 354 g/mol. The molecule has 0 aromatic carbocycles. The van der Waals surface area contributed by atoms with Crippen molar-refractivity contribution in [1.82, 2.24) is 25.1 Å². The highest BCUT2D eigenvalue weighted by Gasteiger charge is 2.50. The number of nitrogens with zero attached hydrogens (tertiary/aromatic N) is 4. The Bertz CT molecular complexity index is 883. The van der Waals surface area contributed by atoms with Crippen LogP contribution in [-0.2, 0) is 11.2 Å². The molecule has 4 rings (SSSR count). The largest absolute Gasteiger partial charge is 0.368 e. The Kier molecular flexibility index (Phi) is 3.61. The molecule has 0 spiro atoms. The van der Waals surface area contributed by atoms with Crippen molar-refractivity contribution in [1.29, 1.82) is 0 Å². The van der Waals surface area contributed by atoms with Gasteiger partial charge in [0.1, 0.15) is 6.04 Å². The predicted molar refractivity (Wildman–Crippen MR) is 93.6 cm³/mol. The van der Waals surface area contributed by atoms with Crippen LogP contribution in [0.25, 0.3) is 5.82 Å². The highest BCUT2D eigenvalue weighted by Crippen LogP contribution is 2.57. The molecule has 0 bridgehead atoms. The number of amides is 2. The van der Waals surface area contributed by atoms with Crippen molar-refractivity contribution in [2.75, 3.05) is 0 Å². The van der Waals surface area contributed by atoms with Crippen LogP contribution in [0, 0.1) is 11.3 Å². The normalized spacial score (nSPS) is 21.7. The second-order valence-corrected chi connectivity index (χ2v) is 8.17. The third kappa shape index (κ3) is 2.65. The van der Waals surface area contributed by atoms with Crippen LogP contribution >= 0.6 is 0 Å². The lowest BCUT2D eigenvalue weighted by Crippen LogP contribution is -2.52. The van der Waals surface area contributed by atoms with E-state index in [1.54, 1.807) is 23.3 Å². The van der Waals surface area contributed by atoms with Crippen LogP contribution in [0.5, 0.6) is 0 Å². The molecular formula is C18H22N6O2. The molecule has 2 heterocycles. The highest BCUT2D eigenvalue weighted by atomic mass is 16.2. The fraction of sp³-hybridized carbons (Fsp3) is 0.500. The molecule has 2 aliphatic rings. The van der Waals surface area contributed by atoms with Gasteiger partial charge >= 0.3 is 0 Å². The summed E-state index contributed by atoms with van der Waals surface area (Å²) in [5.74, 6) is 0.669. The first kappa shape index (κ1) is 16.7. The minimum Gasteiger partial charge on any atom is -0.368 e. The van der Waals surface area contributed by atoms with Gasteiger partial charge < -0.3 is 11.1 Å². The number of hydrogen-bond donors (Lipinski definition) is 2. The van der Waals surface area contributed by atoms with Gasteiger partial charge in [-0.1, -0.05) is 20.8 Å². The molecule has 2 amide bonds. The molecule has 3 N–H and O–H groups in total. The minimum atomic E-state index is -0.775. The first-order valence-corrected chi connectivity index (χ1v) is 8.75. The van der Waals surface area contributed by atoms with Crippen LogP contribution in [-0.4, -0.2) is 37.6 Å². The zero-order valence-electron chi connectivity index (χ0n) is 15.1. The van der Waals surface area contributed by atoms with Crippen molar-refractivity contribution >= 4 is 11.8 Å². The number of carbonyl (C=O) groups excluding carboxylic acids is 2. The topological polar surface area (TPSA) is 116 Å². The molecule has 136 valence electrons. The molecule has 1 unspecified atom stereocenters. The Hall–Kier alpha value is -2.77. The van der Waals surface area contributed by atoms with Crippen LogP contribution in [0.2, 0.25) is 0 Å². The number of nitrogens with two attached hydrogens (primary N) is 1. The van der Waals surface area contributed by atoms with Gasteiger partial charge in [0.2, 0.25) is 5.91 Å². The van der Waals surface area contributed by atoms with Crippen LogP contribution in [0.1, 0.15) is 54.9 Å². The van der Waals surface area contributed by atoms with Gasteiger partial charge in [0.05, 0.1) is 11.9 Å². The number of rotatable bonds is 4. The summed E-state index contributed by atoms with van der Waals surface area (Å²) in [7, 11) is 0. The number of primary amides is 1. The fourth-order valence-electron chi connectivity index (χ4n) is 3.79. The molecular weight excluding hydrogens is 332 g/mol. The lowest BCUT2D eigenvalue weighted by molar-refractivity contribution is -0.122. The Balaban J connectivity index is 1.71. The van der Waals surface area contributed by atoms with E-state index in [0.29, 0.717) is 23.3 Å². The summed E-state index contributed by atoms with van der Waals surface area (Å²) >= 11 is 0. The van der Waals surface area contributed by atoms with E-state index < -0.39 is 17.4 Å². The highest BCUT2D eigenvalue weighted by molar-refractivity contribution is 5.97. The van der Waals surface area contributed by atoms with E-state index in [9.17, 15) is 9.59 Å². The summed E-state index contributed by atoms with van der Waals surface area (Å²) in [6.07, 6.45) is 6.78. The number of fused-ring (bicyclic) bond motifs is 3. The van der Waals surface area contributed by atoms with Gasteiger partial charge in [-0.3, -0.25) is 14.6 Å². The van der Waals surface area contributed by atoms with Crippen molar-refractivity contribution in [2.24, 2.45) is 17.1 Å². The molecule has 0 aliphatic heterocycles. The SMILES string of the molecule is CC(C)(C)C(NC(=O)c1nn(-c2cnccn2)c2c1C[C@H]1C[C@@H]21)C(N)=O. The molecule has 26 heavy (non-hydrogen) atoms. The first-order valence-electron chi connectivity index (χ1n) is 8.75. The van der Waals surface area contributed by atoms with Crippen molar-refractivity contribution < 1.29 is 9.59 Å². The van der Waals surface area contributed by atoms with E-state index in [1.165, 1.54) is 0 Å². The van der Waals surface area contributed by atoms with E-state index in [2.05, 4.69) is 20.4 Å². The quantitative estimate of drug-likeness (QED) is 0.848. The molecule has 2 aromatic rings. The zero-order chi connectivity index (χ0) is 18.6. The van der Waals surface area contributed by atoms with E-state index in [4.69, 9.17) is 5.73 Å². The van der Waals surface area contributed by atoms with Crippen molar-refractivity contribution in [3.63, 3.8) is 0 Å². The van der Waals surface area contributed by atoms with Crippen LogP contribution in [0.15, 0.2) is 18.6 Å². The lowest BCUT2D eigenvalue weighted by Gasteiger charge is -2.28. The average molecular weight is 354 g/mol. The predicted octanol–water partition coefficient (Wildman–Crippen LogP) is 0.952. The fourth-order valence-corrected chi connectivity index (χ4v) is 3.79. The maximum Gasteiger partial charge on any atom is 0.272 e. The number of hydrogen-bond acceptors (Lipinski definition) is 5. The molecule has 3 atom stereocenters. The van der Waals surface area contributed by atoms with E-state index in [0.717, 1.165) is 24.1 Å². The van der Waals surface area contributed by atoms with Crippen LogP contribution < -0.4 is 11.1 Å². The van der Waals surface area contributed by atoms with E-state index in [1.807, 2.05) is 20.8 Å². The summed E-state index contributed by atoms with van der Waals surface area (Å²) in [5.41, 5.74) is 7.36. The summed E-state index contributed by atoms with van der Waals surface area (Å²) in [6.45, 7) is 5.58. The third-order valence-corrected chi connectivity index (χ3v) is 5.17. The van der Waals surface area contributed by atoms with Crippen molar-refractivity contribution in [3.8, 4) is 5.82 Å². The average Bonchev–Trinajstić information content (AvgIpc) is 3.08. The van der Waals surface area contributed by atoms with Gasteiger partial charge in [-0.15, -0.1) is 0 Å². The van der Waals surface area contributed by atoms with Gasteiger partial charge in [0.15, 0.2) is 11.5 Å². The number of nitrogens with one attached hydrogen (secondary N) is 1. The van der Waals surface area contributed by atoms with Gasteiger partial charge in [0, 0.05) is 23.9 Å². The molecule has 8 nitrogen and oxygen atoms in total.